The van der Waals surface area contributed by atoms with E-state index in [4.69, 9.17) is 18.6 Å². The Kier molecular flexibility index (Phi) is 40.0. The lowest BCUT2D eigenvalue weighted by Crippen LogP contribution is -2.67. The first-order chi connectivity index (χ1) is 37.3. The van der Waals surface area contributed by atoms with Gasteiger partial charge in [-0.2, -0.15) is 0 Å². The molecule has 11 heteroatoms. The molecule has 3 atom stereocenters. The second kappa shape index (κ2) is 44.2. The molecule has 0 fully saturated rings. The van der Waals surface area contributed by atoms with Crippen LogP contribution in [0.4, 0.5) is 0 Å². The number of unbranched alkanes of at least 4 members (excludes halogenated alkanes) is 20. The second-order valence-corrected chi connectivity index (χ2v) is 27.7. The van der Waals surface area contributed by atoms with E-state index in [1.54, 1.807) is 0 Å². The van der Waals surface area contributed by atoms with Crippen molar-refractivity contribution >= 4 is 42.5 Å². The summed E-state index contributed by atoms with van der Waals surface area (Å²) in [5.41, 5.74) is 0. The number of amides is 1. The van der Waals surface area contributed by atoms with Crippen LogP contribution in [0, 0.1) is 11.8 Å². The molecule has 0 aliphatic rings. The van der Waals surface area contributed by atoms with Gasteiger partial charge in [-0.1, -0.05) is 238 Å². The fourth-order valence-electron chi connectivity index (χ4n) is 10.7. The van der Waals surface area contributed by atoms with E-state index in [0.29, 0.717) is 58.6 Å². The Morgan fingerprint density at radius 1 is 0.506 bits per heavy atom. The molecule has 0 heterocycles. The van der Waals surface area contributed by atoms with E-state index in [0.717, 1.165) is 83.5 Å². The maximum atomic E-state index is 13.5. The Morgan fingerprint density at radius 3 is 1.32 bits per heavy atom. The summed E-state index contributed by atoms with van der Waals surface area (Å²) in [5.74, 6) is -0.532. The van der Waals surface area contributed by atoms with Gasteiger partial charge in [0.15, 0.2) is 0 Å². The molecule has 0 spiro atoms. The van der Waals surface area contributed by atoms with Gasteiger partial charge in [-0.3, -0.25) is 19.2 Å². The van der Waals surface area contributed by atoms with Crippen molar-refractivity contribution in [3.8, 4) is 0 Å². The summed E-state index contributed by atoms with van der Waals surface area (Å²) in [4.78, 5) is 55.2. The van der Waals surface area contributed by atoms with E-state index in [1.807, 2.05) is 19.2 Å². The molecule has 3 unspecified atom stereocenters. The zero-order valence-electron chi connectivity index (χ0n) is 50.6. The van der Waals surface area contributed by atoms with Crippen LogP contribution in [0.1, 0.15) is 254 Å². The van der Waals surface area contributed by atoms with Crippen LogP contribution in [0.2, 0.25) is 5.04 Å². The number of carbonyl (C=O) groups is 4. The molecular weight excluding hydrogens is 977 g/mol. The topological polar surface area (TPSA) is 120 Å². The number of hydrogen-bond donors (Lipinski definition) is 1. The maximum absolute atomic E-state index is 13.5. The number of likely N-dealkylation sites (N-methyl/N-ethyl adjacent to an activating group) is 1. The summed E-state index contributed by atoms with van der Waals surface area (Å²) in [6, 6.07) is 21.2. The van der Waals surface area contributed by atoms with Crippen molar-refractivity contribution in [3.05, 3.63) is 60.7 Å². The van der Waals surface area contributed by atoms with Crippen molar-refractivity contribution in [1.82, 2.24) is 10.2 Å². The van der Waals surface area contributed by atoms with Crippen molar-refractivity contribution in [2.24, 2.45) is 11.8 Å². The minimum absolute atomic E-state index is 0.0151. The summed E-state index contributed by atoms with van der Waals surface area (Å²) >= 11 is 0. The molecule has 0 saturated carbocycles. The van der Waals surface area contributed by atoms with Gasteiger partial charge in [0.05, 0.1) is 31.6 Å². The molecule has 1 amide bonds. The molecule has 0 aliphatic heterocycles. The van der Waals surface area contributed by atoms with Gasteiger partial charge in [-0.25, -0.2) is 0 Å². The highest BCUT2D eigenvalue weighted by atomic mass is 28.4. The summed E-state index contributed by atoms with van der Waals surface area (Å²) in [6.45, 7) is 18.2. The summed E-state index contributed by atoms with van der Waals surface area (Å²) in [5, 5.41) is 5.36. The zero-order chi connectivity index (χ0) is 56.3. The first-order valence-electron chi connectivity index (χ1n) is 31.6. The number of rotatable bonds is 49. The molecule has 2 rings (SSSR count). The van der Waals surface area contributed by atoms with Gasteiger partial charge in [0.2, 0.25) is 5.91 Å². The molecule has 0 aromatic heterocycles. The molecule has 77 heavy (non-hydrogen) atoms. The Balaban J connectivity index is 1.99. The highest BCUT2D eigenvalue weighted by Gasteiger charge is 2.50. The number of carbonyl (C=O) groups excluding carboxylic acids is 4. The lowest BCUT2D eigenvalue weighted by atomic mass is 9.94. The van der Waals surface area contributed by atoms with Crippen LogP contribution in [0.25, 0.3) is 0 Å². The van der Waals surface area contributed by atoms with Crippen LogP contribution in [-0.2, 0) is 37.8 Å². The largest absolute Gasteiger partial charge is 0.465 e. The van der Waals surface area contributed by atoms with Crippen LogP contribution in [0.3, 0.4) is 0 Å². The van der Waals surface area contributed by atoms with Crippen molar-refractivity contribution in [2.45, 2.75) is 265 Å². The Bertz CT molecular complexity index is 1730. The molecule has 0 radical (unpaired) electrons. The molecule has 0 saturated heterocycles. The number of nitrogens with one attached hydrogen (secondary N) is 1. The van der Waals surface area contributed by atoms with Gasteiger partial charge in [0.25, 0.3) is 8.32 Å². The van der Waals surface area contributed by atoms with Gasteiger partial charge in [0, 0.05) is 32.5 Å². The van der Waals surface area contributed by atoms with Crippen LogP contribution >= 0.6 is 0 Å². The molecule has 1 N–H and O–H groups in total. The van der Waals surface area contributed by atoms with E-state index in [1.165, 1.54) is 100 Å². The quantitative estimate of drug-likeness (QED) is 0.0299. The average molecular weight is 1090 g/mol. The second-order valence-electron chi connectivity index (χ2n) is 23.4. The number of hydrogen-bond acceptors (Lipinski definition) is 9. The van der Waals surface area contributed by atoms with Crippen LogP contribution < -0.4 is 15.7 Å². The Labute approximate surface area is 472 Å². The Hall–Kier alpha value is -3.54. The predicted molar refractivity (Wildman–Crippen MR) is 323 cm³/mol. The highest BCUT2D eigenvalue weighted by Crippen LogP contribution is 2.36. The van der Waals surface area contributed by atoms with Gasteiger partial charge < -0.3 is 28.9 Å². The zero-order valence-corrected chi connectivity index (χ0v) is 51.6. The standard InChI is InChI=1S/C66H114N2O8Si/c1-9-13-17-21-23-31-43-57(41-29-19-15-11-3)64(71)73-52-39-27-37-49-62(69)67-55-59(56-68(8)51-54-75-77(66(5,6)7,60-45-33-25-34-46-60)61-47-35-26-36-48-61)76-63(70)50-38-28-40-53-74-65(72)58(42-30-20-16-12-4)44-32-24-22-18-14-10-2/h25-26,33-36,45-48,57-59H,9-24,27-32,37-44,49-56H2,1-8H3,(H,67,69). The third-order valence-electron chi connectivity index (χ3n) is 15.4. The molecule has 2 aromatic rings. The predicted octanol–water partition coefficient (Wildman–Crippen LogP) is 15.4. The molecule has 0 aliphatic carbocycles. The first kappa shape index (κ1) is 69.6. The van der Waals surface area contributed by atoms with Gasteiger partial charge >= 0.3 is 17.9 Å². The molecule has 10 nitrogen and oxygen atoms in total. The first-order valence-corrected chi connectivity index (χ1v) is 33.5. The number of benzene rings is 2. The maximum Gasteiger partial charge on any atom is 0.308 e. The minimum atomic E-state index is -2.74. The molecular formula is C66H114N2O8Si. The highest BCUT2D eigenvalue weighted by molar-refractivity contribution is 6.99. The molecule has 440 valence electrons. The molecule has 2 aromatic carbocycles. The van der Waals surface area contributed by atoms with Crippen molar-refractivity contribution in [1.29, 1.82) is 0 Å². The van der Waals surface area contributed by atoms with Crippen LogP contribution in [0.15, 0.2) is 60.7 Å². The summed E-state index contributed by atoms with van der Waals surface area (Å²) in [6.07, 6.45) is 31.7. The summed E-state index contributed by atoms with van der Waals surface area (Å²) < 4.78 is 25.0. The van der Waals surface area contributed by atoms with Gasteiger partial charge in [0.1, 0.15) is 6.10 Å². The van der Waals surface area contributed by atoms with Crippen molar-refractivity contribution in [2.75, 3.05) is 46.5 Å². The third-order valence-corrected chi connectivity index (χ3v) is 20.4. The lowest BCUT2D eigenvalue weighted by Gasteiger charge is -2.43. The molecule has 0 bridgehead atoms. The van der Waals surface area contributed by atoms with Crippen LogP contribution in [0.5, 0.6) is 0 Å². The fraction of sp³-hybridized carbons (Fsp3) is 0.758. The van der Waals surface area contributed by atoms with Gasteiger partial charge in [-0.05, 0) is 86.7 Å². The SMILES string of the molecule is CCCCCCCCC(CCCCCC)C(=O)OCCCCCC(=O)NCC(CN(C)CCO[Si](c1ccccc1)(c1ccccc1)C(C)(C)C)OC(=O)CCCCCOC(=O)C(CCCCCC)CCCCCCCC. The van der Waals surface area contributed by atoms with Crippen LogP contribution in [-0.4, -0.2) is 89.6 Å². The van der Waals surface area contributed by atoms with E-state index >= 15 is 0 Å². The lowest BCUT2D eigenvalue weighted by molar-refractivity contribution is -0.151. The third kappa shape index (κ3) is 31.1. The van der Waals surface area contributed by atoms with E-state index in [2.05, 4.69) is 107 Å². The minimum Gasteiger partial charge on any atom is -0.465 e. The average Bonchev–Trinajstić information content (AvgIpc) is 3.44. The van der Waals surface area contributed by atoms with E-state index < -0.39 is 14.4 Å². The number of ether oxygens (including phenoxy) is 3. The normalized spacial score (nSPS) is 13.1. The smallest absolute Gasteiger partial charge is 0.308 e. The number of nitrogens with zero attached hydrogens (tertiary/aromatic N) is 1. The van der Waals surface area contributed by atoms with Crippen molar-refractivity contribution in [3.63, 3.8) is 0 Å². The fourth-order valence-corrected chi connectivity index (χ4v) is 15.2. The number of esters is 3. The van der Waals surface area contributed by atoms with Crippen molar-refractivity contribution < 1.29 is 37.8 Å². The van der Waals surface area contributed by atoms with Gasteiger partial charge in [-0.15, -0.1) is 0 Å². The summed E-state index contributed by atoms with van der Waals surface area (Å²) in [7, 11) is -0.729. The Morgan fingerprint density at radius 2 is 0.896 bits per heavy atom. The monoisotopic (exact) mass is 1090 g/mol. The van der Waals surface area contributed by atoms with E-state index in [9.17, 15) is 19.2 Å². The van der Waals surface area contributed by atoms with E-state index in [-0.39, 0.29) is 53.7 Å².